The lowest BCUT2D eigenvalue weighted by Crippen LogP contribution is -2.50. The minimum absolute atomic E-state index is 0. The molecule has 15 nitrogen and oxygen atoms in total. The zero-order valence-electron chi connectivity index (χ0n) is 31.9. The number of esters is 3. The van der Waals surface area contributed by atoms with Gasteiger partial charge in [-0.15, -0.1) is 0 Å². The standard InChI is InChI=1S/C22H23NO7.C20H21NO6.2CH4/c1-13-17(10-7-11-19(13)29-14(2)24)21(26)23-18(12-16-8-5-4-6-9-16)20(22(27)28)30-15(3)25;1-12-15(9-6-10-17(12)27-13(2)22)19(24)21-16(18(23)20(25)26)11-14-7-4-3-5-8-14;;/h4-11,18,20H,12H2,1-3H3,(H,23,26)(H,27,28);3-10,16,18,23H,11H2,1-2H3,(H,21,24)(H,25,26);2*1H4/t18-,20-;16-,18-;;/m00../s1. The van der Waals surface area contributed by atoms with Gasteiger partial charge < -0.3 is 40.2 Å². The number of aliphatic carboxylic acids is 2. The molecule has 4 atom stereocenters. The predicted molar refractivity (Wildman–Crippen MR) is 218 cm³/mol. The number of carboxylic acids is 2. The lowest BCUT2D eigenvalue weighted by Gasteiger charge is -2.25. The number of benzene rings is 4. The molecular weight excluding hydrogens is 764 g/mol. The highest BCUT2D eigenvalue weighted by molar-refractivity contribution is 5.98. The Balaban J connectivity index is 0.000000573. The maximum atomic E-state index is 12.9. The van der Waals surface area contributed by atoms with Gasteiger partial charge in [0.1, 0.15) is 11.5 Å². The van der Waals surface area contributed by atoms with Crippen LogP contribution in [0.25, 0.3) is 0 Å². The molecule has 0 fully saturated rings. The molecule has 0 aromatic heterocycles. The fourth-order valence-electron chi connectivity index (χ4n) is 5.61. The van der Waals surface area contributed by atoms with Crippen molar-refractivity contribution in [3.63, 3.8) is 0 Å². The topological polar surface area (TPSA) is 232 Å². The van der Waals surface area contributed by atoms with E-state index in [1.165, 1.54) is 26.0 Å². The Labute approximate surface area is 343 Å². The van der Waals surface area contributed by atoms with Gasteiger partial charge in [0.25, 0.3) is 11.8 Å². The summed E-state index contributed by atoms with van der Waals surface area (Å²) in [6.07, 6.45) is -3.09. The van der Waals surface area contributed by atoms with Gasteiger partial charge in [0.05, 0.1) is 12.1 Å². The Morgan fingerprint density at radius 1 is 0.542 bits per heavy atom. The number of hydrogen-bond acceptors (Lipinski definition) is 11. The van der Waals surface area contributed by atoms with Crippen molar-refractivity contribution in [2.75, 3.05) is 0 Å². The SMILES string of the molecule is C.C.CC(=O)Oc1cccc(C(=O)N[C@@H](Cc2ccccc2)[C@H](O)C(=O)O)c1C.CC(=O)Oc1cccc(C(=O)N[C@@H](Cc2ccccc2)[C@H](OC(C)=O)C(=O)O)c1C. The molecule has 0 bridgehead atoms. The van der Waals surface area contributed by atoms with Gasteiger partial charge in [0, 0.05) is 43.0 Å². The third-order valence-corrected chi connectivity index (χ3v) is 8.33. The van der Waals surface area contributed by atoms with Crippen LogP contribution in [0, 0.1) is 13.8 Å². The zero-order valence-corrected chi connectivity index (χ0v) is 31.9. The van der Waals surface area contributed by atoms with Gasteiger partial charge in [0.15, 0.2) is 6.10 Å². The first-order chi connectivity index (χ1) is 27.0. The highest BCUT2D eigenvalue weighted by Crippen LogP contribution is 2.23. The summed E-state index contributed by atoms with van der Waals surface area (Å²) in [5.41, 5.74) is 2.82. The van der Waals surface area contributed by atoms with Crippen molar-refractivity contribution in [1.82, 2.24) is 10.6 Å². The minimum atomic E-state index is -1.77. The molecule has 5 N–H and O–H groups in total. The van der Waals surface area contributed by atoms with E-state index >= 15 is 0 Å². The Morgan fingerprint density at radius 2 is 0.932 bits per heavy atom. The quantitative estimate of drug-likeness (QED) is 0.0763. The van der Waals surface area contributed by atoms with Crippen LogP contribution in [0.3, 0.4) is 0 Å². The van der Waals surface area contributed by atoms with Crippen LogP contribution in [0.4, 0.5) is 0 Å². The number of rotatable bonds is 15. The van der Waals surface area contributed by atoms with Crippen LogP contribution < -0.4 is 20.1 Å². The molecule has 0 saturated heterocycles. The number of hydrogen-bond donors (Lipinski definition) is 5. The number of aliphatic hydroxyl groups excluding tert-OH is 1. The largest absolute Gasteiger partial charge is 0.479 e. The third-order valence-electron chi connectivity index (χ3n) is 8.33. The van der Waals surface area contributed by atoms with Crippen molar-refractivity contribution in [1.29, 1.82) is 0 Å². The summed E-state index contributed by atoms with van der Waals surface area (Å²) in [5.74, 6) is -5.31. The number of ether oxygens (including phenoxy) is 3. The Morgan fingerprint density at radius 3 is 1.29 bits per heavy atom. The van der Waals surface area contributed by atoms with Crippen LogP contribution in [-0.2, 0) is 41.6 Å². The van der Waals surface area contributed by atoms with Gasteiger partial charge in [-0.2, -0.15) is 0 Å². The van der Waals surface area contributed by atoms with Gasteiger partial charge in [-0.1, -0.05) is 87.6 Å². The molecule has 0 aliphatic heterocycles. The molecule has 2 amide bonds. The van der Waals surface area contributed by atoms with Crippen molar-refractivity contribution in [2.24, 2.45) is 0 Å². The summed E-state index contributed by atoms with van der Waals surface area (Å²) in [6, 6.07) is 25.1. The van der Waals surface area contributed by atoms with E-state index in [-0.39, 0.29) is 50.3 Å². The number of amides is 2. The first-order valence-electron chi connectivity index (χ1n) is 17.5. The van der Waals surface area contributed by atoms with Gasteiger partial charge in [-0.25, -0.2) is 9.59 Å². The van der Waals surface area contributed by atoms with Crippen molar-refractivity contribution in [3.05, 3.63) is 130 Å². The molecule has 0 unspecified atom stereocenters. The predicted octanol–water partition coefficient (Wildman–Crippen LogP) is 5.26. The maximum Gasteiger partial charge on any atom is 0.347 e. The lowest BCUT2D eigenvalue weighted by molar-refractivity contribution is -0.164. The third kappa shape index (κ3) is 15.5. The highest BCUT2D eigenvalue weighted by atomic mass is 16.6. The van der Waals surface area contributed by atoms with E-state index in [1.807, 2.05) is 12.1 Å². The molecule has 0 heterocycles. The summed E-state index contributed by atoms with van der Waals surface area (Å²) in [7, 11) is 0. The van der Waals surface area contributed by atoms with Crippen LogP contribution in [-0.4, -0.2) is 81.3 Å². The molecule has 0 radical (unpaired) electrons. The molecule has 4 aromatic carbocycles. The smallest absolute Gasteiger partial charge is 0.347 e. The second-order valence-corrected chi connectivity index (χ2v) is 12.7. The molecule has 4 rings (SSSR count). The molecule has 316 valence electrons. The van der Waals surface area contributed by atoms with E-state index in [2.05, 4.69) is 10.6 Å². The molecule has 0 spiro atoms. The van der Waals surface area contributed by atoms with Crippen molar-refractivity contribution in [3.8, 4) is 11.5 Å². The van der Waals surface area contributed by atoms with E-state index in [1.54, 1.807) is 86.6 Å². The van der Waals surface area contributed by atoms with Gasteiger partial charge in [0.2, 0.25) is 6.10 Å². The highest BCUT2D eigenvalue weighted by Gasteiger charge is 2.33. The zero-order chi connectivity index (χ0) is 42.2. The average Bonchev–Trinajstić information content (AvgIpc) is 3.15. The van der Waals surface area contributed by atoms with Crippen LogP contribution >= 0.6 is 0 Å². The summed E-state index contributed by atoms with van der Waals surface area (Å²) in [4.78, 5) is 82.4. The van der Waals surface area contributed by atoms with E-state index < -0.39 is 66.0 Å². The van der Waals surface area contributed by atoms with Crippen LogP contribution in [0.15, 0.2) is 97.1 Å². The van der Waals surface area contributed by atoms with Gasteiger partial charge >= 0.3 is 29.8 Å². The number of carbonyl (C=O) groups excluding carboxylic acids is 5. The summed E-state index contributed by atoms with van der Waals surface area (Å²) >= 11 is 0. The Kier molecular flexibility index (Phi) is 20.4. The molecule has 59 heavy (non-hydrogen) atoms. The second kappa shape index (κ2) is 24.0. The van der Waals surface area contributed by atoms with Crippen molar-refractivity contribution >= 4 is 41.7 Å². The van der Waals surface area contributed by atoms with E-state index in [0.717, 1.165) is 18.1 Å². The molecule has 4 aromatic rings. The number of carboxylic acid groups (broad SMARTS) is 2. The van der Waals surface area contributed by atoms with Crippen molar-refractivity contribution in [2.45, 2.75) is 86.6 Å². The molecule has 0 aliphatic carbocycles. The average molecular weight is 817 g/mol. The molecule has 0 saturated carbocycles. The van der Waals surface area contributed by atoms with Gasteiger partial charge in [-0.05, 0) is 62.1 Å². The minimum Gasteiger partial charge on any atom is -0.479 e. The summed E-state index contributed by atoms with van der Waals surface area (Å²) < 4.78 is 15.1. The number of carbonyl (C=O) groups is 7. The first kappa shape index (κ1) is 50.1. The fourth-order valence-corrected chi connectivity index (χ4v) is 5.61. The van der Waals surface area contributed by atoms with Gasteiger partial charge in [-0.3, -0.25) is 24.0 Å². The van der Waals surface area contributed by atoms with Crippen LogP contribution in [0.2, 0.25) is 0 Å². The Bertz CT molecular complexity index is 2070. The van der Waals surface area contributed by atoms with Crippen LogP contribution in [0.5, 0.6) is 11.5 Å². The number of nitrogens with one attached hydrogen (secondary N) is 2. The molecule has 0 aliphatic rings. The van der Waals surface area contributed by atoms with E-state index in [0.29, 0.717) is 11.1 Å². The summed E-state index contributed by atoms with van der Waals surface area (Å²) in [6.45, 7) is 6.83. The fraction of sp³-hybridized carbons (Fsp3) is 0.295. The summed E-state index contributed by atoms with van der Waals surface area (Å²) in [5, 5.41) is 33.9. The second-order valence-electron chi connectivity index (χ2n) is 12.7. The normalized spacial score (nSPS) is 12.1. The van der Waals surface area contributed by atoms with Crippen molar-refractivity contribution < 1.29 is 63.1 Å². The number of aliphatic hydroxyl groups is 1. The van der Waals surface area contributed by atoms with E-state index in [9.17, 15) is 43.8 Å². The Hall–Kier alpha value is -6.87. The molecular formula is C44H52N2O13. The molecule has 15 heteroatoms. The first-order valence-corrected chi connectivity index (χ1v) is 17.5. The van der Waals surface area contributed by atoms with E-state index in [4.69, 9.17) is 19.3 Å². The maximum absolute atomic E-state index is 12.9. The lowest BCUT2D eigenvalue weighted by atomic mass is 9.99. The van der Waals surface area contributed by atoms with Crippen LogP contribution in [0.1, 0.15) is 78.6 Å². The monoisotopic (exact) mass is 816 g/mol.